The second kappa shape index (κ2) is 10.5. The third-order valence-electron chi connectivity index (χ3n) is 5.71. The molecule has 0 bridgehead atoms. The molecule has 0 aromatic heterocycles. The standard InChI is InChI=1S/C23H31FN4O3/c1-4-10-28-19(16-27-13-11-26(5-2)12-14-27)20(22(29)31-6-3)21(25-23(28)30)17-8-7-9-18(24)15-17/h4,7-9,15,21H,1,5-6,10-14,16H2,2-3H3,(H,25,30). The molecule has 0 radical (unpaired) electrons. The van der Waals surface area contributed by atoms with Crippen molar-refractivity contribution in [2.45, 2.75) is 19.9 Å². The van der Waals surface area contributed by atoms with E-state index in [0.717, 1.165) is 32.7 Å². The lowest BCUT2D eigenvalue weighted by atomic mass is 9.94. The van der Waals surface area contributed by atoms with Crippen molar-refractivity contribution in [1.29, 1.82) is 0 Å². The number of ether oxygens (including phenoxy) is 1. The lowest BCUT2D eigenvalue weighted by Crippen LogP contribution is -2.53. The molecule has 1 aromatic rings. The van der Waals surface area contributed by atoms with Gasteiger partial charge in [-0.15, -0.1) is 6.58 Å². The molecule has 1 unspecified atom stereocenters. The Morgan fingerprint density at radius 3 is 2.58 bits per heavy atom. The average Bonchev–Trinajstić information content (AvgIpc) is 2.76. The molecule has 2 aliphatic rings. The number of piperazine rings is 1. The van der Waals surface area contributed by atoms with E-state index in [9.17, 15) is 14.0 Å². The van der Waals surface area contributed by atoms with Crippen LogP contribution >= 0.6 is 0 Å². The van der Waals surface area contributed by atoms with Gasteiger partial charge in [-0.2, -0.15) is 0 Å². The van der Waals surface area contributed by atoms with Crippen molar-refractivity contribution in [2.24, 2.45) is 0 Å². The Balaban J connectivity index is 2.04. The van der Waals surface area contributed by atoms with Gasteiger partial charge in [0.1, 0.15) is 5.82 Å². The van der Waals surface area contributed by atoms with Gasteiger partial charge in [0, 0.05) is 45.0 Å². The average molecular weight is 431 g/mol. The Kier molecular flexibility index (Phi) is 7.81. The van der Waals surface area contributed by atoms with Crippen molar-refractivity contribution in [2.75, 3.05) is 52.4 Å². The fourth-order valence-electron chi connectivity index (χ4n) is 4.06. The van der Waals surface area contributed by atoms with E-state index in [-0.39, 0.29) is 19.2 Å². The molecule has 0 saturated carbocycles. The summed E-state index contributed by atoms with van der Waals surface area (Å²) in [6, 6.07) is 4.82. The van der Waals surface area contributed by atoms with Crippen molar-refractivity contribution in [3.63, 3.8) is 0 Å². The van der Waals surface area contributed by atoms with Gasteiger partial charge in [-0.3, -0.25) is 9.80 Å². The number of rotatable bonds is 8. The summed E-state index contributed by atoms with van der Waals surface area (Å²) in [5, 5.41) is 2.85. The van der Waals surface area contributed by atoms with Gasteiger partial charge in [-0.1, -0.05) is 25.1 Å². The fourth-order valence-corrected chi connectivity index (χ4v) is 4.06. The molecule has 2 amide bonds. The minimum absolute atomic E-state index is 0.204. The zero-order valence-corrected chi connectivity index (χ0v) is 18.3. The number of benzene rings is 1. The minimum Gasteiger partial charge on any atom is -0.463 e. The maximum atomic E-state index is 14.0. The first-order valence-corrected chi connectivity index (χ1v) is 10.8. The molecule has 31 heavy (non-hydrogen) atoms. The van der Waals surface area contributed by atoms with Crippen LogP contribution in [0.25, 0.3) is 0 Å². The molecule has 0 spiro atoms. The summed E-state index contributed by atoms with van der Waals surface area (Å²) >= 11 is 0. The summed E-state index contributed by atoms with van der Waals surface area (Å²) in [7, 11) is 0. The first-order valence-electron chi connectivity index (χ1n) is 10.8. The van der Waals surface area contributed by atoms with Crippen LogP contribution in [0.5, 0.6) is 0 Å². The molecule has 0 aliphatic carbocycles. The predicted octanol–water partition coefficient (Wildman–Crippen LogP) is 2.53. The fraction of sp³-hybridized carbons (Fsp3) is 0.478. The van der Waals surface area contributed by atoms with Crippen molar-refractivity contribution in [1.82, 2.24) is 20.0 Å². The van der Waals surface area contributed by atoms with E-state index in [4.69, 9.17) is 4.74 Å². The first-order chi connectivity index (χ1) is 15.0. The molecule has 2 aliphatic heterocycles. The third-order valence-corrected chi connectivity index (χ3v) is 5.71. The van der Waals surface area contributed by atoms with E-state index in [1.807, 2.05) is 0 Å². The Bertz CT molecular complexity index is 849. The van der Waals surface area contributed by atoms with Crippen LogP contribution in [0, 0.1) is 5.82 Å². The smallest absolute Gasteiger partial charge is 0.338 e. The Morgan fingerprint density at radius 1 is 1.26 bits per heavy atom. The molecule has 2 heterocycles. The largest absolute Gasteiger partial charge is 0.463 e. The van der Waals surface area contributed by atoms with E-state index in [0.29, 0.717) is 23.4 Å². The molecule has 168 valence electrons. The quantitative estimate of drug-likeness (QED) is 0.507. The summed E-state index contributed by atoms with van der Waals surface area (Å²) < 4.78 is 19.3. The van der Waals surface area contributed by atoms with Crippen LogP contribution in [-0.4, -0.2) is 79.1 Å². The van der Waals surface area contributed by atoms with E-state index < -0.39 is 17.8 Å². The lowest BCUT2D eigenvalue weighted by Gasteiger charge is -2.40. The van der Waals surface area contributed by atoms with Crippen LogP contribution in [0.1, 0.15) is 25.5 Å². The zero-order chi connectivity index (χ0) is 22.4. The molecule has 8 heteroatoms. The highest BCUT2D eigenvalue weighted by molar-refractivity contribution is 5.95. The van der Waals surface area contributed by atoms with E-state index in [1.54, 1.807) is 25.1 Å². The van der Waals surface area contributed by atoms with Crippen LogP contribution < -0.4 is 5.32 Å². The van der Waals surface area contributed by atoms with Gasteiger partial charge in [-0.05, 0) is 31.2 Å². The second-order valence-electron chi connectivity index (χ2n) is 7.63. The summed E-state index contributed by atoms with van der Waals surface area (Å²) in [5.41, 5.74) is 1.43. The summed E-state index contributed by atoms with van der Waals surface area (Å²) in [6.07, 6.45) is 1.62. The van der Waals surface area contributed by atoms with Crippen LogP contribution in [0.2, 0.25) is 0 Å². The second-order valence-corrected chi connectivity index (χ2v) is 7.63. The maximum Gasteiger partial charge on any atom is 0.338 e. The Hall–Kier alpha value is -2.71. The normalized spacial score (nSPS) is 20.5. The lowest BCUT2D eigenvalue weighted by molar-refractivity contribution is -0.139. The number of urea groups is 1. The van der Waals surface area contributed by atoms with Gasteiger partial charge >= 0.3 is 12.0 Å². The van der Waals surface area contributed by atoms with Crippen LogP contribution in [0.3, 0.4) is 0 Å². The molecule has 1 N–H and O–H groups in total. The molecule has 1 atom stereocenters. The molecular formula is C23H31FN4O3. The molecular weight excluding hydrogens is 399 g/mol. The van der Waals surface area contributed by atoms with Gasteiger partial charge in [0.2, 0.25) is 0 Å². The highest BCUT2D eigenvalue weighted by Gasteiger charge is 2.38. The molecule has 1 aromatic carbocycles. The molecule has 1 saturated heterocycles. The number of halogens is 1. The minimum atomic E-state index is -0.782. The van der Waals surface area contributed by atoms with Crippen molar-refractivity contribution in [3.05, 3.63) is 59.6 Å². The number of amides is 2. The number of nitrogens with zero attached hydrogens (tertiary/aromatic N) is 3. The third kappa shape index (κ3) is 5.32. The molecule has 1 fully saturated rings. The van der Waals surface area contributed by atoms with E-state index in [2.05, 4.69) is 28.6 Å². The van der Waals surface area contributed by atoms with Gasteiger partial charge < -0.3 is 15.0 Å². The predicted molar refractivity (Wildman–Crippen MR) is 117 cm³/mol. The maximum absolute atomic E-state index is 14.0. The number of hydrogen-bond acceptors (Lipinski definition) is 5. The molecule has 7 nitrogen and oxygen atoms in total. The Morgan fingerprint density at radius 2 is 1.97 bits per heavy atom. The highest BCUT2D eigenvalue weighted by Crippen LogP contribution is 2.32. The van der Waals surface area contributed by atoms with Gasteiger partial charge in [-0.25, -0.2) is 14.0 Å². The Labute approximate surface area is 183 Å². The van der Waals surface area contributed by atoms with Crippen molar-refractivity contribution in [3.8, 4) is 0 Å². The van der Waals surface area contributed by atoms with E-state index in [1.165, 1.54) is 17.0 Å². The monoisotopic (exact) mass is 430 g/mol. The van der Waals surface area contributed by atoms with Crippen molar-refractivity contribution < 1.29 is 18.7 Å². The number of hydrogen-bond donors (Lipinski definition) is 1. The highest BCUT2D eigenvalue weighted by atomic mass is 19.1. The summed E-state index contributed by atoms with van der Waals surface area (Å²) in [5.74, 6) is -0.936. The number of nitrogens with one attached hydrogen (secondary N) is 1. The van der Waals surface area contributed by atoms with Gasteiger partial charge in [0.25, 0.3) is 0 Å². The van der Waals surface area contributed by atoms with Gasteiger partial charge in [0.15, 0.2) is 0 Å². The zero-order valence-electron chi connectivity index (χ0n) is 18.3. The number of carbonyl (C=O) groups excluding carboxylic acids is 2. The van der Waals surface area contributed by atoms with Crippen LogP contribution in [0.15, 0.2) is 48.2 Å². The SMILES string of the molecule is C=CCN1C(=O)NC(c2cccc(F)c2)C(C(=O)OCC)=C1CN1CCN(CC)CC1. The van der Waals surface area contributed by atoms with Crippen molar-refractivity contribution >= 4 is 12.0 Å². The first kappa shape index (κ1) is 23.0. The molecule has 3 rings (SSSR count). The summed E-state index contributed by atoms with van der Waals surface area (Å²) in [6.45, 7) is 13.1. The summed E-state index contributed by atoms with van der Waals surface area (Å²) in [4.78, 5) is 32.2. The topological polar surface area (TPSA) is 65.1 Å². The van der Waals surface area contributed by atoms with E-state index >= 15 is 0 Å². The number of esters is 1. The van der Waals surface area contributed by atoms with Gasteiger partial charge in [0.05, 0.1) is 18.2 Å². The number of carbonyl (C=O) groups is 2. The van der Waals surface area contributed by atoms with Crippen LogP contribution in [-0.2, 0) is 9.53 Å². The number of likely N-dealkylation sites (N-methyl/N-ethyl adjacent to an activating group) is 1. The van der Waals surface area contributed by atoms with Crippen LogP contribution in [0.4, 0.5) is 9.18 Å².